The zero-order chi connectivity index (χ0) is 12.0. The van der Waals surface area contributed by atoms with Gasteiger partial charge in [0.25, 0.3) is 0 Å². The number of rotatable bonds is 3. The Hall–Kier alpha value is -1.05. The third-order valence-electron chi connectivity index (χ3n) is 2.26. The van der Waals surface area contributed by atoms with E-state index in [-0.39, 0.29) is 14.6 Å². The average Bonchev–Trinajstić information content (AvgIpc) is 2.71. The smallest absolute Gasteiger partial charge is 0.116 e. The standard InChI is InChI=1S/C10H12NO2P.C2H6/c12-8-1-2-10-9(5-8)7(6-11-10)3-4-14-13;1-2/h1-2,5-6,11-14H,3-4H2;1-2H3. The Balaban J connectivity index is 0.000000606. The van der Waals surface area contributed by atoms with Crippen molar-refractivity contribution in [3.05, 3.63) is 30.0 Å². The van der Waals surface area contributed by atoms with E-state index >= 15 is 0 Å². The van der Waals surface area contributed by atoms with Crippen molar-refractivity contribution in [3.63, 3.8) is 0 Å². The molecule has 0 radical (unpaired) electrons. The molecule has 16 heavy (non-hydrogen) atoms. The number of benzene rings is 1. The molecule has 0 saturated carbocycles. The molecule has 3 nitrogen and oxygen atoms in total. The van der Waals surface area contributed by atoms with E-state index in [9.17, 15) is 5.11 Å². The number of phenols is 1. The fourth-order valence-corrected chi connectivity index (χ4v) is 1.94. The zero-order valence-electron chi connectivity index (χ0n) is 9.62. The van der Waals surface area contributed by atoms with E-state index < -0.39 is 0 Å². The minimum Gasteiger partial charge on any atom is -0.508 e. The molecule has 2 aromatic rings. The SMILES string of the molecule is CC.OPCCc1c[nH]c2ccc(O)cc12. The molecule has 1 heterocycles. The molecule has 3 N–H and O–H groups in total. The maximum absolute atomic E-state index is 9.34. The molecule has 0 fully saturated rings. The van der Waals surface area contributed by atoms with Crippen molar-refractivity contribution in [3.8, 4) is 5.75 Å². The number of hydrogen-bond acceptors (Lipinski definition) is 2. The number of aromatic hydroxyl groups is 1. The van der Waals surface area contributed by atoms with Gasteiger partial charge in [0.1, 0.15) is 5.75 Å². The van der Waals surface area contributed by atoms with Gasteiger partial charge < -0.3 is 15.0 Å². The fourth-order valence-electron chi connectivity index (χ4n) is 1.56. The number of aromatic nitrogens is 1. The molecule has 0 aliphatic rings. The first-order chi connectivity index (χ1) is 7.81. The van der Waals surface area contributed by atoms with E-state index in [0.29, 0.717) is 0 Å². The van der Waals surface area contributed by atoms with Crippen LogP contribution in [0.25, 0.3) is 10.9 Å². The topological polar surface area (TPSA) is 56.2 Å². The van der Waals surface area contributed by atoms with Crippen molar-refractivity contribution in [2.24, 2.45) is 0 Å². The Kier molecular flexibility index (Phi) is 5.30. The van der Waals surface area contributed by atoms with Crippen LogP contribution in [0.3, 0.4) is 0 Å². The number of aromatic amines is 1. The van der Waals surface area contributed by atoms with E-state index in [2.05, 4.69) is 4.98 Å². The van der Waals surface area contributed by atoms with Crippen LogP contribution in [0.4, 0.5) is 0 Å². The van der Waals surface area contributed by atoms with E-state index in [1.165, 1.54) is 0 Å². The highest BCUT2D eigenvalue weighted by atomic mass is 31.1. The number of H-pyrrole nitrogens is 1. The first kappa shape index (κ1) is 13.0. The number of nitrogens with one attached hydrogen (secondary N) is 1. The Morgan fingerprint density at radius 2 is 2.06 bits per heavy atom. The maximum Gasteiger partial charge on any atom is 0.116 e. The Bertz CT molecular complexity index is 440. The van der Waals surface area contributed by atoms with Crippen molar-refractivity contribution in [1.82, 2.24) is 4.98 Å². The van der Waals surface area contributed by atoms with Gasteiger partial charge in [0.2, 0.25) is 0 Å². The Morgan fingerprint density at radius 3 is 2.75 bits per heavy atom. The summed E-state index contributed by atoms with van der Waals surface area (Å²) >= 11 is 0. The van der Waals surface area contributed by atoms with Crippen molar-refractivity contribution < 1.29 is 10.00 Å². The van der Waals surface area contributed by atoms with E-state index in [1.807, 2.05) is 26.1 Å². The maximum atomic E-state index is 9.34. The van der Waals surface area contributed by atoms with Crippen LogP contribution in [0.1, 0.15) is 19.4 Å². The molecule has 0 aliphatic carbocycles. The van der Waals surface area contributed by atoms with Crippen LogP contribution >= 0.6 is 8.81 Å². The van der Waals surface area contributed by atoms with Gasteiger partial charge in [-0.25, -0.2) is 0 Å². The molecule has 1 atom stereocenters. The number of aryl methyl sites for hydroxylation is 1. The molecule has 88 valence electrons. The van der Waals surface area contributed by atoms with Crippen molar-refractivity contribution in [2.75, 3.05) is 6.16 Å². The first-order valence-electron chi connectivity index (χ1n) is 5.47. The summed E-state index contributed by atoms with van der Waals surface area (Å²) in [6.07, 6.45) is 3.56. The normalized spacial score (nSPS) is 10.7. The molecule has 1 aromatic carbocycles. The Morgan fingerprint density at radius 1 is 1.31 bits per heavy atom. The summed E-state index contributed by atoms with van der Waals surface area (Å²) in [6, 6.07) is 5.27. The highest BCUT2D eigenvalue weighted by molar-refractivity contribution is 7.31. The van der Waals surface area contributed by atoms with Crippen LogP contribution in [0.2, 0.25) is 0 Å². The van der Waals surface area contributed by atoms with Crippen molar-refractivity contribution >= 4 is 19.7 Å². The van der Waals surface area contributed by atoms with Crippen LogP contribution in [0.5, 0.6) is 5.75 Å². The number of phenolic OH excluding ortho intramolecular Hbond substituents is 1. The molecular weight excluding hydrogens is 221 g/mol. The van der Waals surface area contributed by atoms with Gasteiger partial charge in [-0.15, -0.1) is 0 Å². The van der Waals surface area contributed by atoms with Gasteiger partial charge in [-0.3, -0.25) is 0 Å². The molecule has 4 heteroatoms. The van der Waals surface area contributed by atoms with Gasteiger partial charge >= 0.3 is 0 Å². The monoisotopic (exact) mass is 239 g/mol. The zero-order valence-corrected chi connectivity index (χ0v) is 10.6. The summed E-state index contributed by atoms with van der Waals surface area (Å²) in [7, 11) is -0.0122. The first-order valence-corrected chi connectivity index (χ1v) is 6.62. The van der Waals surface area contributed by atoms with Crippen LogP contribution in [-0.4, -0.2) is 21.1 Å². The van der Waals surface area contributed by atoms with E-state index in [4.69, 9.17) is 4.89 Å². The van der Waals surface area contributed by atoms with Gasteiger partial charge in [0.15, 0.2) is 0 Å². The summed E-state index contributed by atoms with van der Waals surface area (Å²) in [5.41, 5.74) is 2.18. The molecule has 0 aliphatic heterocycles. The lowest BCUT2D eigenvalue weighted by Gasteiger charge is -1.97. The summed E-state index contributed by atoms with van der Waals surface area (Å²) in [5.74, 6) is 0.282. The van der Waals surface area contributed by atoms with Crippen LogP contribution in [-0.2, 0) is 6.42 Å². The lowest BCUT2D eigenvalue weighted by atomic mass is 10.1. The predicted octanol–water partition coefficient (Wildman–Crippen LogP) is 3.03. The second-order valence-electron chi connectivity index (χ2n) is 3.20. The quantitative estimate of drug-likeness (QED) is 0.721. The lowest BCUT2D eigenvalue weighted by Crippen LogP contribution is -1.84. The Labute approximate surface area is 97.4 Å². The van der Waals surface area contributed by atoms with Crippen molar-refractivity contribution in [2.45, 2.75) is 20.3 Å². The van der Waals surface area contributed by atoms with Crippen LogP contribution in [0, 0.1) is 0 Å². The molecule has 1 aromatic heterocycles. The summed E-state index contributed by atoms with van der Waals surface area (Å²) < 4.78 is 0. The van der Waals surface area contributed by atoms with E-state index in [1.54, 1.807) is 12.1 Å². The minimum atomic E-state index is -0.0122. The van der Waals surface area contributed by atoms with Gasteiger partial charge in [0, 0.05) is 25.9 Å². The highest BCUT2D eigenvalue weighted by Gasteiger charge is 2.03. The molecular formula is C12H18NO2P. The molecule has 0 bridgehead atoms. The second kappa shape index (κ2) is 6.51. The van der Waals surface area contributed by atoms with Gasteiger partial charge in [-0.05, 0) is 36.3 Å². The van der Waals surface area contributed by atoms with Gasteiger partial charge in [-0.1, -0.05) is 13.8 Å². The van der Waals surface area contributed by atoms with Crippen LogP contribution < -0.4 is 0 Å². The molecule has 0 amide bonds. The summed E-state index contributed by atoms with van der Waals surface area (Å²) in [4.78, 5) is 11.9. The van der Waals surface area contributed by atoms with Crippen molar-refractivity contribution in [1.29, 1.82) is 0 Å². The lowest BCUT2D eigenvalue weighted by molar-refractivity contribution is 0.476. The predicted molar refractivity (Wildman–Crippen MR) is 70.4 cm³/mol. The number of hydrogen-bond donors (Lipinski definition) is 3. The summed E-state index contributed by atoms with van der Waals surface area (Å²) in [5, 5.41) is 10.4. The molecule has 1 unspecified atom stereocenters. The highest BCUT2D eigenvalue weighted by Crippen LogP contribution is 2.24. The summed E-state index contributed by atoms with van der Waals surface area (Å²) in [6.45, 7) is 4.00. The van der Waals surface area contributed by atoms with Gasteiger partial charge in [0.05, 0.1) is 0 Å². The molecule has 0 spiro atoms. The van der Waals surface area contributed by atoms with E-state index in [0.717, 1.165) is 29.0 Å². The van der Waals surface area contributed by atoms with Crippen LogP contribution in [0.15, 0.2) is 24.4 Å². The van der Waals surface area contributed by atoms with Gasteiger partial charge in [-0.2, -0.15) is 0 Å². The third kappa shape index (κ3) is 2.97. The molecule has 2 rings (SSSR count). The second-order valence-corrected chi connectivity index (χ2v) is 4.02. The number of fused-ring (bicyclic) bond motifs is 1. The minimum absolute atomic E-state index is 0.0122. The third-order valence-corrected chi connectivity index (χ3v) is 2.73. The largest absolute Gasteiger partial charge is 0.508 e. The fraction of sp³-hybridized carbons (Fsp3) is 0.333. The average molecular weight is 239 g/mol. The molecule has 0 saturated heterocycles.